The third-order valence-corrected chi connectivity index (χ3v) is 5.82. The van der Waals surface area contributed by atoms with E-state index in [4.69, 9.17) is 5.73 Å². The van der Waals surface area contributed by atoms with Crippen molar-refractivity contribution < 1.29 is 0 Å². The SMILES string of the molecule is CC.CN1CC2C(NCc3ccccc3N)C3CNCC32C1. The van der Waals surface area contributed by atoms with E-state index in [9.17, 15) is 0 Å². The summed E-state index contributed by atoms with van der Waals surface area (Å²) in [6.45, 7) is 9.77. The fourth-order valence-corrected chi connectivity index (χ4v) is 4.90. The molecule has 2 heterocycles. The first kappa shape index (κ1) is 15.8. The molecule has 122 valence electrons. The van der Waals surface area contributed by atoms with Gasteiger partial charge in [-0.2, -0.15) is 0 Å². The first-order chi connectivity index (χ1) is 10.7. The molecule has 1 aromatic rings. The molecule has 3 fully saturated rings. The third kappa shape index (κ3) is 2.34. The van der Waals surface area contributed by atoms with Crippen LogP contribution >= 0.6 is 0 Å². The van der Waals surface area contributed by atoms with Crippen LogP contribution in [0.15, 0.2) is 24.3 Å². The molecule has 4 N–H and O–H groups in total. The summed E-state index contributed by atoms with van der Waals surface area (Å²) in [4.78, 5) is 2.50. The summed E-state index contributed by atoms with van der Waals surface area (Å²) in [5, 5.41) is 7.40. The first-order valence-corrected chi connectivity index (χ1v) is 8.67. The number of likely N-dealkylation sites (tertiary alicyclic amines) is 1. The number of nitrogen functional groups attached to an aromatic ring is 1. The van der Waals surface area contributed by atoms with Crippen molar-refractivity contribution in [2.45, 2.75) is 26.4 Å². The van der Waals surface area contributed by atoms with E-state index < -0.39 is 0 Å². The number of anilines is 1. The number of nitrogens with two attached hydrogens (primary N) is 1. The Morgan fingerprint density at radius 1 is 1.32 bits per heavy atom. The lowest BCUT2D eigenvalue weighted by molar-refractivity contribution is -0.0130. The second-order valence-electron chi connectivity index (χ2n) is 6.88. The lowest BCUT2D eigenvalue weighted by Gasteiger charge is -2.54. The van der Waals surface area contributed by atoms with Crippen molar-refractivity contribution in [3.05, 3.63) is 29.8 Å². The van der Waals surface area contributed by atoms with Crippen LogP contribution in [0.4, 0.5) is 5.69 Å². The highest BCUT2D eigenvalue weighted by molar-refractivity contribution is 5.46. The Morgan fingerprint density at radius 2 is 2.09 bits per heavy atom. The van der Waals surface area contributed by atoms with Crippen LogP contribution in [0.2, 0.25) is 0 Å². The molecule has 4 rings (SSSR count). The number of benzene rings is 1. The number of nitrogens with one attached hydrogen (secondary N) is 2. The summed E-state index contributed by atoms with van der Waals surface area (Å²) < 4.78 is 0. The molecule has 1 spiro atoms. The molecule has 2 aliphatic heterocycles. The van der Waals surface area contributed by atoms with E-state index in [1.165, 1.54) is 31.7 Å². The van der Waals surface area contributed by atoms with Crippen LogP contribution in [0, 0.1) is 17.3 Å². The van der Waals surface area contributed by atoms with Crippen LogP contribution < -0.4 is 16.4 Å². The maximum absolute atomic E-state index is 6.04. The quantitative estimate of drug-likeness (QED) is 0.741. The predicted octanol–water partition coefficient (Wildman–Crippen LogP) is 1.53. The molecule has 1 aliphatic carbocycles. The first-order valence-electron chi connectivity index (χ1n) is 8.67. The average Bonchev–Trinajstić information content (AvgIpc) is 3.03. The minimum Gasteiger partial charge on any atom is -0.398 e. The molecular weight excluding hydrogens is 272 g/mol. The van der Waals surface area contributed by atoms with Gasteiger partial charge in [0.1, 0.15) is 0 Å². The molecular formula is C18H30N4. The summed E-state index contributed by atoms with van der Waals surface area (Å²) in [6, 6.07) is 8.83. The molecule has 0 radical (unpaired) electrons. The van der Waals surface area contributed by atoms with E-state index >= 15 is 0 Å². The standard InChI is InChI=1S/C16H24N4.C2H6/c1-20-8-13-15(12-7-18-9-16(12,13)10-20)19-6-11-4-2-3-5-14(11)17;1-2/h2-5,12-13,15,18-19H,6-10,17H2,1H3;1-2H3. The Bertz CT molecular complexity index is 518. The molecule has 1 saturated carbocycles. The maximum atomic E-state index is 6.04. The van der Waals surface area contributed by atoms with Gasteiger partial charge in [-0.1, -0.05) is 32.0 Å². The van der Waals surface area contributed by atoms with E-state index in [1.807, 2.05) is 26.0 Å². The zero-order valence-electron chi connectivity index (χ0n) is 14.1. The fraction of sp³-hybridized carbons (Fsp3) is 0.667. The largest absolute Gasteiger partial charge is 0.398 e. The molecule has 0 aromatic heterocycles. The molecule has 2 saturated heterocycles. The van der Waals surface area contributed by atoms with E-state index in [0.29, 0.717) is 11.5 Å². The van der Waals surface area contributed by atoms with Crippen LogP contribution in [0.25, 0.3) is 0 Å². The lowest BCUT2D eigenvalue weighted by Crippen LogP contribution is -2.64. The van der Waals surface area contributed by atoms with Gasteiger partial charge in [-0.15, -0.1) is 0 Å². The minimum atomic E-state index is 0.550. The number of nitrogens with zero attached hydrogens (tertiary/aromatic N) is 1. The van der Waals surface area contributed by atoms with Crippen molar-refractivity contribution in [3.8, 4) is 0 Å². The highest BCUT2D eigenvalue weighted by Gasteiger charge is 2.66. The fourth-order valence-electron chi connectivity index (χ4n) is 4.90. The molecule has 0 amide bonds. The van der Waals surface area contributed by atoms with Crippen molar-refractivity contribution in [3.63, 3.8) is 0 Å². The van der Waals surface area contributed by atoms with E-state index in [-0.39, 0.29) is 0 Å². The van der Waals surface area contributed by atoms with E-state index in [1.54, 1.807) is 0 Å². The van der Waals surface area contributed by atoms with Crippen molar-refractivity contribution >= 4 is 5.69 Å². The van der Waals surface area contributed by atoms with Crippen LogP contribution in [-0.4, -0.2) is 44.2 Å². The van der Waals surface area contributed by atoms with Crippen LogP contribution in [0.3, 0.4) is 0 Å². The summed E-state index contributed by atoms with van der Waals surface area (Å²) in [5.74, 6) is 1.60. The molecule has 1 aromatic carbocycles. The summed E-state index contributed by atoms with van der Waals surface area (Å²) >= 11 is 0. The molecule has 22 heavy (non-hydrogen) atoms. The summed E-state index contributed by atoms with van der Waals surface area (Å²) in [7, 11) is 2.26. The number of hydrogen-bond acceptors (Lipinski definition) is 4. The molecule has 3 aliphatic rings. The van der Waals surface area contributed by atoms with Crippen molar-refractivity contribution in [1.29, 1.82) is 0 Å². The van der Waals surface area contributed by atoms with Gasteiger partial charge in [0.2, 0.25) is 0 Å². The lowest BCUT2D eigenvalue weighted by atomic mass is 9.53. The Balaban J connectivity index is 0.000000693. The third-order valence-electron chi connectivity index (χ3n) is 5.82. The van der Waals surface area contributed by atoms with E-state index in [2.05, 4.69) is 34.7 Å². The Kier molecular flexibility index (Phi) is 4.44. The van der Waals surface area contributed by atoms with Crippen molar-refractivity contribution in [2.24, 2.45) is 17.3 Å². The topological polar surface area (TPSA) is 53.3 Å². The second-order valence-corrected chi connectivity index (χ2v) is 6.88. The molecule has 4 heteroatoms. The van der Waals surface area contributed by atoms with Crippen molar-refractivity contribution in [2.75, 3.05) is 39.0 Å². The van der Waals surface area contributed by atoms with Gasteiger partial charge in [-0.3, -0.25) is 0 Å². The van der Waals surface area contributed by atoms with Crippen LogP contribution in [-0.2, 0) is 6.54 Å². The Morgan fingerprint density at radius 3 is 2.86 bits per heavy atom. The van der Waals surface area contributed by atoms with Gasteiger partial charge >= 0.3 is 0 Å². The monoisotopic (exact) mass is 302 g/mol. The van der Waals surface area contributed by atoms with Gasteiger partial charge in [0.25, 0.3) is 0 Å². The molecule has 0 bridgehead atoms. The van der Waals surface area contributed by atoms with Crippen LogP contribution in [0.1, 0.15) is 19.4 Å². The highest BCUT2D eigenvalue weighted by atomic mass is 15.2. The van der Waals surface area contributed by atoms with Gasteiger partial charge in [-0.25, -0.2) is 0 Å². The van der Waals surface area contributed by atoms with Crippen LogP contribution in [0.5, 0.6) is 0 Å². The van der Waals surface area contributed by atoms with Gasteiger partial charge in [-0.05, 0) is 30.5 Å². The summed E-state index contributed by atoms with van der Waals surface area (Å²) in [6.07, 6.45) is 0. The van der Waals surface area contributed by atoms with Gasteiger partial charge in [0.15, 0.2) is 0 Å². The van der Waals surface area contributed by atoms with Crippen molar-refractivity contribution in [1.82, 2.24) is 15.5 Å². The predicted molar refractivity (Wildman–Crippen MR) is 92.6 cm³/mol. The maximum Gasteiger partial charge on any atom is 0.0359 e. The Hall–Kier alpha value is -1.10. The van der Waals surface area contributed by atoms with Gasteiger partial charge < -0.3 is 21.3 Å². The second kappa shape index (κ2) is 6.19. The van der Waals surface area contributed by atoms with E-state index in [0.717, 1.165) is 24.1 Å². The summed E-state index contributed by atoms with van der Waals surface area (Å²) in [5.41, 5.74) is 8.72. The van der Waals surface area contributed by atoms with Gasteiger partial charge in [0, 0.05) is 49.9 Å². The smallest absolute Gasteiger partial charge is 0.0359 e. The molecule has 4 unspecified atom stereocenters. The highest BCUT2D eigenvalue weighted by Crippen LogP contribution is 2.57. The zero-order chi connectivity index (χ0) is 15.7. The number of hydrogen-bond donors (Lipinski definition) is 3. The number of rotatable bonds is 3. The normalized spacial score (nSPS) is 36.0. The Labute approximate surface area is 134 Å². The molecule has 4 atom stereocenters. The zero-order valence-corrected chi connectivity index (χ0v) is 14.1. The number of para-hydroxylation sites is 1. The average molecular weight is 302 g/mol. The van der Waals surface area contributed by atoms with Gasteiger partial charge in [0.05, 0.1) is 0 Å². The minimum absolute atomic E-state index is 0.550. The molecule has 4 nitrogen and oxygen atoms in total.